The molecule has 1 aromatic carbocycles. The Labute approximate surface area is 137 Å². The van der Waals surface area contributed by atoms with Gasteiger partial charge in [-0.25, -0.2) is 8.42 Å². The molecule has 0 aromatic heterocycles. The van der Waals surface area contributed by atoms with Gasteiger partial charge in [0.15, 0.2) is 0 Å². The van der Waals surface area contributed by atoms with Crippen molar-refractivity contribution in [2.45, 2.75) is 37.2 Å². The molecule has 0 amide bonds. The molecule has 0 aliphatic carbocycles. The standard InChI is InChI=1S/C15H22ClNO4S/c1-3-9-21-13-5-4-8-17(11-13)22(18,19)15-10-12(16)6-7-14(15)20-2/h6-7,10,13H,3-5,8-9,11H2,1-2H3. The van der Waals surface area contributed by atoms with E-state index in [1.807, 2.05) is 6.92 Å². The Morgan fingerprint density at radius 2 is 2.18 bits per heavy atom. The van der Waals surface area contributed by atoms with E-state index in [9.17, 15) is 8.42 Å². The zero-order valence-electron chi connectivity index (χ0n) is 12.9. The van der Waals surface area contributed by atoms with Crippen molar-refractivity contribution in [3.63, 3.8) is 0 Å². The van der Waals surface area contributed by atoms with E-state index in [1.54, 1.807) is 12.1 Å². The van der Waals surface area contributed by atoms with Crippen LogP contribution in [0.15, 0.2) is 23.1 Å². The second kappa shape index (κ2) is 7.64. The molecule has 0 radical (unpaired) electrons. The molecule has 1 fully saturated rings. The first-order valence-electron chi connectivity index (χ1n) is 7.44. The number of halogens is 1. The summed E-state index contributed by atoms with van der Waals surface area (Å²) >= 11 is 5.95. The number of hydrogen-bond acceptors (Lipinski definition) is 4. The molecule has 1 aliphatic heterocycles. The summed E-state index contributed by atoms with van der Waals surface area (Å²) in [6.45, 7) is 3.55. The van der Waals surface area contributed by atoms with Crippen LogP contribution in [0.3, 0.4) is 0 Å². The Hall–Kier alpha value is -0.820. The predicted octanol–water partition coefficient (Wildman–Crippen LogP) is 2.93. The van der Waals surface area contributed by atoms with Crippen LogP contribution in [0.4, 0.5) is 0 Å². The lowest BCUT2D eigenvalue weighted by Gasteiger charge is -2.32. The fourth-order valence-electron chi connectivity index (χ4n) is 2.54. The topological polar surface area (TPSA) is 55.8 Å². The number of ether oxygens (including phenoxy) is 2. The van der Waals surface area contributed by atoms with Crippen LogP contribution < -0.4 is 4.74 Å². The van der Waals surface area contributed by atoms with E-state index in [4.69, 9.17) is 21.1 Å². The molecule has 2 rings (SSSR count). The number of nitrogens with zero attached hydrogens (tertiary/aromatic N) is 1. The summed E-state index contributed by atoms with van der Waals surface area (Å²) < 4.78 is 38.1. The molecule has 0 spiro atoms. The summed E-state index contributed by atoms with van der Waals surface area (Å²) in [5, 5.41) is 0.371. The van der Waals surface area contributed by atoms with Gasteiger partial charge in [-0.2, -0.15) is 4.31 Å². The largest absolute Gasteiger partial charge is 0.495 e. The van der Waals surface area contributed by atoms with Crippen molar-refractivity contribution in [3.05, 3.63) is 23.2 Å². The van der Waals surface area contributed by atoms with Crippen LogP contribution in [0.1, 0.15) is 26.2 Å². The molecule has 1 aromatic rings. The first-order valence-corrected chi connectivity index (χ1v) is 9.26. The lowest BCUT2D eigenvalue weighted by atomic mass is 10.1. The van der Waals surface area contributed by atoms with E-state index in [1.165, 1.54) is 17.5 Å². The highest BCUT2D eigenvalue weighted by Crippen LogP contribution is 2.31. The number of piperidine rings is 1. The maximum atomic E-state index is 12.9. The predicted molar refractivity (Wildman–Crippen MR) is 86.0 cm³/mol. The SMILES string of the molecule is CCCOC1CCCN(S(=O)(=O)c2cc(Cl)ccc2OC)C1. The Balaban J connectivity index is 2.24. The highest BCUT2D eigenvalue weighted by molar-refractivity contribution is 7.89. The fraction of sp³-hybridized carbons (Fsp3) is 0.600. The van der Waals surface area contributed by atoms with Gasteiger partial charge < -0.3 is 9.47 Å². The minimum absolute atomic E-state index is 0.0475. The Kier molecular flexibility index (Phi) is 6.09. The van der Waals surface area contributed by atoms with Crippen molar-refractivity contribution in [1.82, 2.24) is 4.31 Å². The average molecular weight is 348 g/mol. The van der Waals surface area contributed by atoms with E-state index in [2.05, 4.69) is 0 Å². The molecular weight excluding hydrogens is 326 g/mol. The number of benzene rings is 1. The van der Waals surface area contributed by atoms with E-state index in [0.717, 1.165) is 19.3 Å². The first kappa shape index (κ1) is 17.5. The van der Waals surface area contributed by atoms with Crippen LogP contribution in [0, 0.1) is 0 Å². The Morgan fingerprint density at radius 3 is 2.86 bits per heavy atom. The molecule has 0 bridgehead atoms. The summed E-state index contributed by atoms with van der Waals surface area (Å²) in [5.41, 5.74) is 0. The van der Waals surface area contributed by atoms with E-state index in [-0.39, 0.29) is 11.0 Å². The maximum absolute atomic E-state index is 12.9. The molecule has 1 heterocycles. The molecular formula is C15H22ClNO4S. The van der Waals surface area contributed by atoms with E-state index >= 15 is 0 Å². The number of rotatable bonds is 6. The molecule has 5 nitrogen and oxygen atoms in total. The molecule has 1 saturated heterocycles. The number of hydrogen-bond donors (Lipinski definition) is 0. The lowest BCUT2D eigenvalue weighted by Crippen LogP contribution is -2.43. The molecule has 1 aliphatic rings. The second-order valence-electron chi connectivity index (χ2n) is 5.29. The number of sulfonamides is 1. The summed E-state index contributed by atoms with van der Waals surface area (Å²) in [7, 11) is -2.19. The van der Waals surface area contributed by atoms with Gasteiger partial charge in [-0.3, -0.25) is 0 Å². The summed E-state index contributed by atoms with van der Waals surface area (Å²) in [4.78, 5) is 0.110. The van der Waals surface area contributed by atoms with Gasteiger partial charge in [0.25, 0.3) is 0 Å². The molecule has 22 heavy (non-hydrogen) atoms. The van der Waals surface area contributed by atoms with Crippen molar-refractivity contribution in [3.8, 4) is 5.75 Å². The summed E-state index contributed by atoms with van der Waals surface area (Å²) in [5.74, 6) is 0.306. The van der Waals surface area contributed by atoms with Gasteiger partial charge in [-0.15, -0.1) is 0 Å². The molecule has 0 saturated carbocycles. The molecule has 0 N–H and O–H groups in total. The normalized spacial score (nSPS) is 20.0. The molecule has 124 valence electrons. The van der Waals surface area contributed by atoms with Gasteiger partial charge in [0.05, 0.1) is 13.2 Å². The van der Waals surface area contributed by atoms with Gasteiger partial charge in [0.2, 0.25) is 10.0 Å². The van der Waals surface area contributed by atoms with Gasteiger partial charge in [-0.05, 0) is 37.5 Å². The van der Waals surface area contributed by atoms with Crippen LogP contribution in [-0.4, -0.2) is 45.6 Å². The summed E-state index contributed by atoms with van der Waals surface area (Å²) in [6.07, 6.45) is 2.55. The van der Waals surface area contributed by atoms with Crippen molar-refractivity contribution >= 4 is 21.6 Å². The molecule has 1 atom stereocenters. The van der Waals surface area contributed by atoms with Crippen molar-refractivity contribution in [1.29, 1.82) is 0 Å². The summed E-state index contributed by atoms with van der Waals surface area (Å²) in [6, 6.07) is 4.62. The van der Waals surface area contributed by atoms with Gasteiger partial charge in [0.1, 0.15) is 10.6 Å². The molecule has 1 unspecified atom stereocenters. The van der Waals surface area contributed by atoms with Crippen molar-refractivity contribution in [2.24, 2.45) is 0 Å². The van der Waals surface area contributed by atoms with Gasteiger partial charge in [0, 0.05) is 24.7 Å². The Morgan fingerprint density at radius 1 is 1.41 bits per heavy atom. The third-order valence-electron chi connectivity index (χ3n) is 3.64. The first-order chi connectivity index (χ1) is 10.5. The smallest absolute Gasteiger partial charge is 0.246 e. The minimum Gasteiger partial charge on any atom is -0.495 e. The lowest BCUT2D eigenvalue weighted by molar-refractivity contribution is 0.0193. The van der Waals surface area contributed by atoms with Gasteiger partial charge in [-0.1, -0.05) is 18.5 Å². The maximum Gasteiger partial charge on any atom is 0.246 e. The van der Waals surface area contributed by atoms with E-state index < -0.39 is 10.0 Å². The van der Waals surface area contributed by atoms with Crippen molar-refractivity contribution in [2.75, 3.05) is 26.8 Å². The average Bonchev–Trinajstić information content (AvgIpc) is 2.53. The number of methoxy groups -OCH3 is 1. The van der Waals surface area contributed by atoms with Crippen LogP contribution >= 0.6 is 11.6 Å². The highest BCUT2D eigenvalue weighted by Gasteiger charge is 2.32. The van der Waals surface area contributed by atoms with E-state index in [0.29, 0.717) is 30.5 Å². The van der Waals surface area contributed by atoms with Crippen LogP contribution in [0.5, 0.6) is 5.75 Å². The minimum atomic E-state index is -3.64. The third kappa shape index (κ3) is 3.93. The zero-order valence-corrected chi connectivity index (χ0v) is 14.5. The fourth-order valence-corrected chi connectivity index (χ4v) is 4.46. The van der Waals surface area contributed by atoms with Gasteiger partial charge >= 0.3 is 0 Å². The third-order valence-corrected chi connectivity index (χ3v) is 5.76. The molecule has 7 heteroatoms. The van der Waals surface area contributed by atoms with Crippen LogP contribution in [-0.2, 0) is 14.8 Å². The Bertz CT molecular complexity index is 606. The van der Waals surface area contributed by atoms with Crippen LogP contribution in [0.2, 0.25) is 5.02 Å². The highest BCUT2D eigenvalue weighted by atomic mass is 35.5. The van der Waals surface area contributed by atoms with Crippen LogP contribution in [0.25, 0.3) is 0 Å². The quantitative estimate of drug-likeness (QED) is 0.794. The monoisotopic (exact) mass is 347 g/mol. The second-order valence-corrected chi connectivity index (χ2v) is 7.64. The zero-order chi connectivity index (χ0) is 16.2. The van der Waals surface area contributed by atoms with Crippen molar-refractivity contribution < 1.29 is 17.9 Å².